The van der Waals surface area contributed by atoms with Gasteiger partial charge >= 0.3 is 5.97 Å². The first-order valence-corrected chi connectivity index (χ1v) is 26.2. The van der Waals surface area contributed by atoms with Gasteiger partial charge in [0.05, 0.1) is 126 Å². The van der Waals surface area contributed by atoms with E-state index in [0.29, 0.717) is 139 Å². The van der Waals surface area contributed by atoms with Gasteiger partial charge in [-0.2, -0.15) is 0 Å². The van der Waals surface area contributed by atoms with E-state index in [-0.39, 0.29) is 5.97 Å². The predicted molar refractivity (Wildman–Crippen MR) is 255 cm³/mol. The van der Waals surface area contributed by atoms with Gasteiger partial charge in [-0.15, -0.1) is 0 Å². The predicted octanol–water partition coefficient (Wildman–Crippen LogP) is 11.3. The van der Waals surface area contributed by atoms with Crippen molar-refractivity contribution in [2.24, 2.45) is 0 Å². The molecule has 0 heterocycles. The zero-order valence-electron chi connectivity index (χ0n) is 41.3. The minimum Gasteiger partial charge on any atom is -0.463 e. The van der Waals surface area contributed by atoms with Crippen LogP contribution >= 0.6 is 0 Å². The van der Waals surface area contributed by atoms with Crippen LogP contribution in [0.1, 0.15) is 187 Å². The summed E-state index contributed by atoms with van der Waals surface area (Å²) in [5, 5.41) is 0. The average molecular weight is 907 g/mol. The number of hydrogen-bond acceptors (Lipinski definition) is 12. The molecule has 63 heavy (non-hydrogen) atoms. The molecule has 12 heteroatoms. The van der Waals surface area contributed by atoms with Crippen LogP contribution in [0.15, 0.2) is 0 Å². The first-order chi connectivity index (χ1) is 31.3. The van der Waals surface area contributed by atoms with E-state index in [1.54, 1.807) is 0 Å². The molecule has 0 atom stereocenters. The molecule has 0 saturated carbocycles. The van der Waals surface area contributed by atoms with Crippen LogP contribution in [-0.4, -0.2) is 145 Å². The molecule has 0 rings (SSSR count). The van der Waals surface area contributed by atoms with Crippen LogP contribution in [-0.2, 0) is 56.9 Å². The third kappa shape index (κ3) is 59.1. The average Bonchev–Trinajstić information content (AvgIpc) is 3.29. The van der Waals surface area contributed by atoms with Crippen LogP contribution in [0.2, 0.25) is 0 Å². The fourth-order valence-corrected chi connectivity index (χ4v) is 6.88. The molecule has 0 aromatic rings. The molecule has 0 aliphatic carbocycles. The topological polar surface area (TPSA) is 119 Å². The van der Waals surface area contributed by atoms with Crippen LogP contribution in [0.5, 0.6) is 0 Å². The van der Waals surface area contributed by atoms with Crippen molar-refractivity contribution in [3.05, 3.63) is 0 Å². The number of esters is 1. The zero-order valence-corrected chi connectivity index (χ0v) is 41.3. The second-order valence-electron chi connectivity index (χ2n) is 16.6. The summed E-state index contributed by atoms with van der Waals surface area (Å²) in [5.74, 6) is -0.128. The van der Waals surface area contributed by atoms with E-state index in [1.165, 1.54) is 148 Å². The lowest BCUT2D eigenvalue weighted by Crippen LogP contribution is -2.15. The molecule has 0 aliphatic rings. The Bertz CT molecular complexity index is 823. The molecule has 0 saturated heterocycles. The molecule has 0 bridgehead atoms. The van der Waals surface area contributed by atoms with E-state index in [1.807, 2.05) is 0 Å². The Morgan fingerprint density at radius 3 is 0.667 bits per heavy atom. The number of hydrogen-bond donors (Lipinski definition) is 0. The Kier molecular flexibility index (Phi) is 58.2. The van der Waals surface area contributed by atoms with Gasteiger partial charge in [0.25, 0.3) is 0 Å². The Balaban J connectivity index is 3.11. The number of rotatable bonds is 58. The van der Waals surface area contributed by atoms with Gasteiger partial charge in [-0.1, -0.05) is 168 Å². The van der Waals surface area contributed by atoms with E-state index in [9.17, 15) is 4.79 Å². The Hall–Kier alpha value is -0.930. The first-order valence-electron chi connectivity index (χ1n) is 26.2. The molecule has 0 unspecified atom stereocenters. The SMILES string of the molecule is CCCCCCCCCCCCCCCOCCOCCOCCOCCOCCOCCOCCOCCOCCOCCOC(=O)CCCCCCCCCCCCCCC. The van der Waals surface area contributed by atoms with Gasteiger partial charge in [0.2, 0.25) is 0 Å². The van der Waals surface area contributed by atoms with Crippen molar-refractivity contribution >= 4 is 5.97 Å². The first kappa shape index (κ1) is 62.1. The molecule has 0 N–H and O–H groups in total. The molecule has 0 radical (unpaired) electrons. The standard InChI is InChI=1S/C51H102O12/c1-3-5-7-9-11-13-15-17-19-21-23-25-27-29-51(52)63-50-49-62-48-47-61-46-45-60-44-43-59-42-41-58-40-39-57-38-37-56-36-35-55-34-33-54-32-31-53-30-28-26-24-22-20-18-16-14-12-10-8-6-4-2/h3-50H2,1-2H3. The van der Waals surface area contributed by atoms with Crippen molar-refractivity contribution in [3.8, 4) is 0 Å². The smallest absolute Gasteiger partial charge is 0.305 e. The van der Waals surface area contributed by atoms with E-state index in [0.717, 1.165) is 25.9 Å². The number of carbonyl (C=O) groups excluding carboxylic acids is 1. The van der Waals surface area contributed by atoms with Crippen LogP contribution < -0.4 is 0 Å². The van der Waals surface area contributed by atoms with Gasteiger partial charge in [-0.05, 0) is 12.8 Å². The lowest BCUT2D eigenvalue weighted by molar-refractivity contribution is -0.145. The Labute approximate surface area is 387 Å². The minimum atomic E-state index is -0.128. The zero-order chi connectivity index (χ0) is 45.3. The third-order valence-corrected chi connectivity index (χ3v) is 10.7. The van der Waals surface area contributed by atoms with Crippen LogP contribution in [0.3, 0.4) is 0 Å². The lowest BCUT2D eigenvalue weighted by Gasteiger charge is -2.09. The van der Waals surface area contributed by atoms with Gasteiger partial charge in [0.1, 0.15) is 6.61 Å². The number of unbranched alkanes of at least 4 members (excludes halogenated alkanes) is 24. The van der Waals surface area contributed by atoms with E-state index >= 15 is 0 Å². The largest absolute Gasteiger partial charge is 0.463 e. The maximum absolute atomic E-state index is 11.9. The Morgan fingerprint density at radius 2 is 0.413 bits per heavy atom. The summed E-state index contributed by atoms with van der Waals surface area (Å²) in [4.78, 5) is 11.9. The fraction of sp³-hybridized carbons (Fsp3) is 0.980. The highest BCUT2D eigenvalue weighted by Crippen LogP contribution is 2.14. The summed E-state index contributed by atoms with van der Waals surface area (Å²) in [6.45, 7) is 15.5. The second kappa shape index (κ2) is 59.1. The van der Waals surface area contributed by atoms with Crippen LogP contribution in [0, 0.1) is 0 Å². The minimum absolute atomic E-state index is 0.128. The summed E-state index contributed by atoms with van der Waals surface area (Å²) in [6.07, 6.45) is 35.1. The van der Waals surface area contributed by atoms with Crippen molar-refractivity contribution < 1.29 is 56.9 Å². The molecule has 0 aliphatic heterocycles. The van der Waals surface area contributed by atoms with E-state index in [2.05, 4.69) is 13.8 Å². The second-order valence-corrected chi connectivity index (χ2v) is 16.6. The fourth-order valence-electron chi connectivity index (χ4n) is 6.88. The summed E-state index contributed by atoms with van der Waals surface area (Å²) >= 11 is 0. The Morgan fingerprint density at radius 1 is 0.222 bits per heavy atom. The quantitative estimate of drug-likeness (QED) is 0.0427. The summed E-state index contributed by atoms with van der Waals surface area (Å²) < 4.78 is 60.7. The molecular formula is C51H102O12. The van der Waals surface area contributed by atoms with Gasteiger partial charge in [-0.25, -0.2) is 0 Å². The van der Waals surface area contributed by atoms with Crippen LogP contribution in [0.4, 0.5) is 0 Å². The summed E-state index contributed by atoms with van der Waals surface area (Å²) in [7, 11) is 0. The van der Waals surface area contributed by atoms with Crippen molar-refractivity contribution in [2.45, 2.75) is 187 Å². The van der Waals surface area contributed by atoms with Crippen molar-refractivity contribution in [2.75, 3.05) is 139 Å². The molecule has 378 valence electrons. The van der Waals surface area contributed by atoms with Crippen LogP contribution in [0.25, 0.3) is 0 Å². The molecule has 12 nitrogen and oxygen atoms in total. The maximum atomic E-state index is 11.9. The molecule has 0 spiro atoms. The van der Waals surface area contributed by atoms with Crippen molar-refractivity contribution in [1.29, 1.82) is 0 Å². The lowest BCUT2D eigenvalue weighted by atomic mass is 10.0. The highest BCUT2D eigenvalue weighted by molar-refractivity contribution is 5.69. The highest BCUT2D eigenvalue weighted by Gasteiger charge is 2.03. The van der Waals surface area contributed by atoms with Gasteiger partial charge in [-0.3, -0.25) is 4.79 Å². The summed E-state index contributed by atoms with van der Waals surface area (Å²) in [6, 6.07) is 0. The maximum Gasteiger partial charge on any atom is 0.305 e. The molecular weight excluding hydrogens is 805 g/mol. The monoisotopic (exact) mass is 907 g/mol. The van der Waals surface area contributed by atoms with E-state index in [4.69, 9.17) is 52.1 Å². The van der Waals surface area contributed by atoms with Gasteiger partial charge in [0.15, 0.2) is 0 Å². The van der Waals surface area contributed by atoms with Gasteiger partial charge in [0, 0.05) is 13.0 Å². The normalized spacial score (nSPS) is 11.6. The number of carbonyl (C=O) groups is 1. The van der Waals surface area contributed by atoms with Crippen molar-refractivity contribution in [3.63, 3.8) is 0 Å². The highest BCUT2D eigenvalue weighted by atomic mass is 16.6. The number of ether oxygens (including phenoxy) is 11. The molecule has 0 fully saturated rings. The third-order valence-electron chi connectivity index (χ3n) is 10.7. The summed E-state index contributed by atoms with van der Waals surface area (Å²) in [5.41, 5.74) is 0. The van der Waals surface area contributed by atoms with Gasteiger partial charge < -0.3 is 52.1 Å². The van der Waals surface area contributed by atoms with Crippen molar-refractivity contribution in [1.82, 2.24) is 0 Å². The molecule has 0 aromatic carbocycles. The van der Waals surface area contributed by atoms with E-state index < -0.39 is 0 Å². The molecule has 0 aromatic heterocycles. The molecule has 0 amide bonds.